The van der Waals surface area contributed by atoms with Crippen LogP contribution in [0.2, 0.25) is 0 Å². The van der Waals surface area contributed by atoms with Gasteiger partial charge in [-0.15, -0.1) is 35.3 Å². The van der Waals surface area contributed by atoms with Crippen LogP contribution in [0.4, 0.5) is 5.69 Å². The number of nitrogens with zero attached hydrogens (tertiary/aromatic N) is 3. The first kappa shape index (κ1) is 22.4. The van der Waals surface area contributed by atoms with Gasteiger partial charge in [0, 0.05) is 35.0 Å². The highest BCUT2D eigenvalue weighted by molar-refractivity contribution is 14.0. The van der Waals surface area contributed by atoms with Crippen molar-refractivity contribution in [2.45, 2.75) is 39.8 Å². The van der Waals surface area contributed by atoms with E-state index in [4.69, 9.17) is 4.99 Å². The van der Waals surface area contributed by atoms with E-state index in [2.05, 4.69) is 81.5 Å². The molecule has 5 nitrogen and oxygen atoms in total. The molecule has 1 aromatic carbocycles. The summed E-state index contributed by atoms with van der Waals surface area (Å²) in [4.78, 5) is 13.0. The van der Waals surface area contributed by atoms with Gasteiger partial charge >= 0.3 is 0 Å². The van der Waals surface area contributed by atoms with Crippen LogP contribution in [0.1, 0.15) is 28.9 Å². The monoisotopic (exact) mass is 563 g/mol. The highest BCUT2D eigenvalue weighted by atomic mass is 127. The molecule has 1 saturated heterocycles. The summed E-state index contributed by atoms with van der Waals surface area (Å²) in [6, 6.07) is 8.79. The molecule has 148 valence electrons. The Morgan fingerprint density at radius 2 is 2.15 bits per heavy atom. The van der Waals surface area contributed by atoms with E-state index in [-0.39, 0.29) is 24.0 Å². The average molecular weight is 564 g/mol. The number of anilines is 1. The van der Waals surface area contributed by atoms with E-state index in [9.17, 15) is 0 Å². The summed E-state index contributed by atoms with van der Waals surface area (Å²) in [7, 11) is 0. The van der Waals surface area contributed by atoms with E-state index in [1.54, 1.807) is 11.3 Å². The Balaban J connectivity index is 0.00000261. The van der Waals surface area contributed by atoms with Crippen molar-refractivity contribution in [1.82, 2.24) is 15.6 Å². The molecule has 1 aliphatic heterocycles. The molecule has 1 aromatic heterocycles. The van der Waals surface area contributed by atoms with Gasteiger partial charge in [0.15, 0.2) is 5.96 Å². The van der Waals surface area contributed by atoms with Crippen LogP contribution in [0, 0.1) is 13.8 Å². The van der Waals surface area contributed by atoms with Crippen LogP contribution >= 0.6 is 51.2 Å². The summed E-state index contributed by atoms with van der Waals surface area (Å²) in [5, 5.41) is 8.01. The van der Waals surface area contributed by atoms with Crippen molar-refractivity contribution in [3.63, 3.8) is 0 Å². The summed E-state index contributed by atoms with van der Waals surface area (Å²) in [5.74, 6) is 0.872. The number of halogens is 2. The van der Waals surface area contributed by atoms with Gasteiger partial charge in [0.1, 0.15) is 5.01 Å². The number of nitrogens with one attached hydrogen (secondary N) is 2. The number of benzene rings is 1. The zero-order valence-corrected chi connectivity index (χ0v) is 20.7. The smallest absolute Gasteiger partial charge is 0.191 e. The van der Waals surface area contributed by atoms with Crippen LogP contribution in [-0.4, -0.2) is 36.6 Å². The third-order valence-electron chi connectivity index (χ3n) is 4.51. The van der Waals surface area contributed by atoms with Crippen LogP contribution in [0.5, 0.6) is 0 Å². The SMILES string of the molecule is CCNC(=NCc1nc(C)c(C)s1)NC1CCN(c2ccccc2Br)C1.I. The van der Waals surface area contributed by atoms with E-state index in [1.807, 2.05) is 0 Å². The van der Waals surface area contributed by atoms with Gasteiger partial charge in [-0.05, 0) is 55.3 Å². The van der Waals surface area contributed by atoms with Crippen molar-refractivity contribution in [3.8, 4) is 0 Å². The quantitative estimate of drug-likeness (QED) is 0.320. The molecule has 0 amide bonds. The fourth-order valence-corrected chi connectivity index (χ4v) is 4.47. The highest BCUT2D eigenvalue weighted by Gasteiger charge is 2.24. The summed E-state index contributed by atoms with van der Waals surface area (Å²) in [6.45, 7) is 9.75. The van der Waals surface area contributed by atoms with Crippen molar-refractivity contribution in [3.05, 3.63) is 44.3 Å². The number of para-hydroxylation sites is 1. The third-order valence-corrected chi connectivity index (χ3v) is 6.24. The van der Waals surface area contributed by atoms with E-state index in [1.165, 1.54) is 10.6 Å². The molecule has 8 heteroatoms. The molecule has 1 unspecified atom stereocenters. The predicted octanol–water partition coefficient (Wildman–Crippen LogP) is 4.47. The number of hydrogen-bond acceptors (Lipinski definition) is 4. The normalized spacial score (nSPS) is 17.0. The molecular formula is C19H27BrIN5S. The van der Waals surface area contributed by atoms with Crippen molar-refractivity contribution >= 4 is 62.9 Å². The lowest BCUT2D eigenvalue weighted by atomic mass is 10.3. The number of aliphatic imine (C=N–C) groups is 1. The van der Waals surface area contributed by atoms with Gasteiger partial charge in [0.25, 0.3) is 0 Å². The second-order valence-corrected chi connectivity index (χ2v) is 8.61. The van der Waals surface area contributed by atoms with E-state index in [0.29, 0.717) is 12.6 Å². The van der Waals surface area contributed by atoms with Gasteiger partial charge in [-0.1, -0.05) is 12.1 Å². The predicted molar refractivity (Wildman–Crippen MR) is 130 cm³/mol. The van der Waals surface area contributed by atoms with Crippen LogP contribution in [0.25, 0.3) is 0 Å². The van der Waals surface area contributed by atoms with Crippen LogP contribution in [0.3, 0.4) is 0 Å². The molecular weight excluding hydrogens is 537 g/mol. The Bertz CT molecular complexity index is 760. The maximum absolute atomic E-state index is 4.73. The van der Waals surface area contributed by atoms with E-state index < -0.39 is 0 Å². The molecule has 1 aliphatic rings. The van der Waals surface area contributed by atoms with Gasteiger partial charge in [-0.2, -0.15) is 0 Å². The Morgan fingerprint density at radius 3 is 2.81 bits per heavy atom. The minimum absolute atomic E-state index is 0. The van der Waals surface area contributed by atoms with Gasteiger partial charge in [0.2, 0.25) is 0 Å². The van der Waals surface area contributed by atoms with Gasteiger partial charge in [-0.25, -0.2) is 9.98 Å². The zero-order chi connectivity index (χ0) is 18.5. The molecule has 27 heavy (non-hydrogen) atoms. The Hall–Kier alpha value is -0.870. The molecule has 2 heterocycles. The summed E-state index contributed by atoms with van der Waals surface area (Å²) in [5.41, 5.74) is 2.37. The number of rotatable bonds is 5. The first-order valence-electron chi connectivity index (χ1n) is 9.04. The maximum atomic E-state index is 4.73. The molecule has 2 aromatic rings. The lowest BCUT2D eigenvalue weighted by molar-refractivity contribution is 0.649. The standard InChI is InChI=1S/C19H26BrN5S.HI/c1-4-21-19(22-11-18-23-13(2)14(3)26-18)24-15-9-10-25(12-15)17-8-6-5-7-16(17)20;/h5-8,15H,4,9-12H2,1-3H3,(H2,21,22,24);1H. The van der Waals surface area contributed by atoms with Gasteiger partial charge < -0.3 is 15.5 Å². The van der Waals surface area contributed by atoms with Crippen LogP contribution in [0.15, 0.2) is 33.7 Å². The second-order valence-electron chi connectivity index (χ2n) is 6.47. The molecule has 0 saturated carbocycles. The molecule has 0 bridgehead atoms. The number of guanidine groups is 1. The fraction of sp³-hybridized carbons (Fsp3) is 0.474. The second kappa shape index (κ2) is 10.6. The molecule has 3 rings (SSSR count). The molecule has 0 spiro atoms. The van der Waals surface area contributed by atoms with Crippen molar-refractivity contribution in [2.24, 2.45) is 4.99 Å². The number of hydrogen-bond donors (Lipinski definition) is 2. The van der Waals surface area contributed by atoms with Crippen molar-refractivity contribution in [1.29, 1.82) is 0 Å². The summed E-state index contributed by atoms with van der Waals surface area (Å²) >= 11 is 5.39. The van der Waals surface area contributed by atoms with Gasteiger partial charge in [-0.3, -0.25) is 0 Å². The molecule has 1 fully saturated rings. The zero-order valence-electron chi connectivity index (χ0n) is 16.0. The van der Waals surface area contributed by atoms with Crippen molar-refractivity contribution in [2.75, 3.05) is 24.5 Å². The van der Waals surface area contributed by atoms with E-state index in [0.717, 1.165) is 47.2 Å². The summed E-state index contributed by atoms with van der Waals surface area (Å²) < 4.78 is 1.15. The van der Waals surface area contributed by atoms with Gasteiger partial charge in [0.05, 0.1) is 17.9 Å². The Morgan fingerprint density at radius 1 is 1.37 bits per heavy atom. The Kier molecular flexibility index (Phi) is 8.81. The number of aromatic nitrogens is 1. The summed E-state index contributed by atoms with van der Waals surface area (Å²) in [6.07, 6.45) is 1.10. The lowest BCUT2D eigenvalue weighted by Gasteiger charge is -2.21. The minimum Gasteiger partial charge on any atom is -0.368 e. The maximum Gasteiger partial charge on any atom is 0.191 e. The molecule has 0 aliphatic carbocycles. The number of thiazole rings is 1. The Labute approximate surface area is 191 Å². The molecule has 2 N–H and O–H groups in total. The van der Waals surface area contributed by atoms with Crippen LogP contribution < -0.4 is 15.5 Å². The topological polar surface area (TPSA) is 52.6 Å². The first-order chi connectivity index (χ1) is 12.6. The molecule has 1 atom stereocenters. The fourth-order valence-electron chi connectivity index (χ4n) is 3.07. The molecule has 0 radical (unpaired) electrons. The first-order valence-corrected chi connectivity index (χ1v) is 10.6. The van der Waals surface area contributed by atoms with Crippen molar-refractivity contribution < 1.29 is 0 Å². The average Bonchev–Trinajstić information content (AvgIpc) is 3.20. The van der Waals surface area contributed by atoms with E-state index >= 15 is 0 Å². The largest absolute Gasteiger partial charge is 0.368 e. The number of aryl methyl sites for hydroxylation is 2. The lowest BCUT2D eigenvalue weighted by Crippen LogP contribution is -2.44. The van der Waals surface area contributed by atoms with Crippen LogP contribution in [-0.2, 0) is 6.54 Å². The minimum atomic E-state index is 0. The third kappa shape index (κ3) is 6.05. The highest BCUT2D eigenvalue weighted by Crippen LogP contribution is 2.28.